The van der Waals surface area contributed by atoms with Crippen molar-refractivity contribution >= 4 is 5.95 Å². The van der Waals surface area contributed by atoms with Crippen LogP contribution in [0.1, 0.15) is 11.1 Å². The average Bonchev–Trinajstić information content (AvgIpc) is 2.93. The van der Waals surface area contributed by atoms with E-state index >= 15 is 0 Å². The molecule has 116 valence electrons. The van der Waals surface area contributed by atoms with Crippen molar-refractivity contribution in [2.75, 3.05) is 12.1 Å². The molecule has 0 unspecified atom stereocenters. The first-order chi connectivity index (χ1) is 10.6. The van der Waals surface area contributed by atoms with Crippen LogP contribution in [-0.2, 0) is 6.54 Å². The van der Waals surface area contributed by atoms with E-state index in [1.54, 1.807) is 18.5 Å². The Morgan fingerprint density at radius 3 is 2.59 bits per heavy atom. The summed E-state index contributed by atoms with van der Waals surface area (Å²) in [4.78, 5) is 8.18. The third kappa shape index (κ3) is 3.16. The Balaban J connectivity index is 1.80. The zero-order chi connectivity index (χ0) is 15.5. The quantitative estimate of drug-likeness (QED) is 0.916. The lowest BCUT2D eigenvalue weighted by Crippen LogP contribution is -2.08. The van der Waals surface area contributed by atoms with Crippen molar-refractivity contribution in [2.24, 2.45) is 0 Å². The molecular weight excluding hydrogens is 296 g/mol. The van der Waals surface area contributed by atoms with Crippen LogP contribution in [0.25, 0.3) is 0 Å². The van der Waals surface area contributed by atoms with Gasteiger partial charge in [-0.1, -0.05) is 0 Å². The molecule has 1 N–H and O–H groups in total. The molecule has 1 aliphatic rings. The first kappa shape index (κ1) is 14.3. The van der Waals surface area contributed by atoms with E-state index in [-0.39, 0.29) is 19.1 Å². The number of anilines is 1. The van der Waals surface area contributed by atoms with Crippen molar-refractivity contribution in [3.63, 3.8) is 0 Å². The Morgan fingerprint density at radius 1 is 1.23 bits per heavy atom. The van der Waals surface area contributed by atoms with Gasteiger partial charge < -0.3 is 19.5 Å². The number of fused-ring (bicyclic) bond motifs is 1. The molecule has 8 heteroatoms. The largest absolute Gasteiger partial charge is 0.454 e. The molecule has 0 atom stereocenters. The number of aryl methyl sites for hydroxylation is 1. The van der Waals surface area contributed by atoms with Crippen molar-refractivity contribution in [1.82, 2.24) is 9.97 Å². The monoisotopic (exact) mass is 309 g/mol. The van der Waals surface area contributed by atoms with Crippen LogP contribution in [0.2, 0.25) is 0 Å². The van der Waals surface area contributed by atoms with Crippen LogP contribution in [-0.4, -0.2) is 23.4 Å². The first-order valence-electron chi connectivity index (χ1n) is 6.51. The molecular formula is C14H13F2N3O3. The summed E-state index contributed by atoms with van der Waals surface area (Å²) in [7, 11) is 0. The van der Waals surface area contributed by atoms with Crippen LogP contribution in [0.3, 0.4) is 0 Å². The van der Waals surface area contributed by atoms with Gasteiger partial charge in [0.25, 0.3) is 0 Å². The summed E-state index contributed by atoms with van der Waals surface area (Å²) in [6, 6.07) is 2.99. The van der Waals surface area contributed by atoms with Gasteiger partial charge in [0.15, 0.2) is 11.5 Å². The lowest BCUT2D eigenvalue weighted by Gasteiger charge is -2.12. The SMILES string of the molecule is Cc1cnc(NCc2cc3c(cc2OC(F)F)OCO3)nc1. The van der Waals surface area contributed by atoms with Crippen LogP contribution in [0.4, 0.5) is 14.7 Å². The summed E-state index contributed by atoms with van der Waals surface area (Å²) < 4.78 is 40.0. The molecule has 3 rings (SSSR count). The number of nitrogens with one attached hydrogen (secondary N) is 1. The summed E-state index contributed by atoms with van der Waals surface area (Å²) >= 11 is 0. The van der Waals surface area contributed by atoms with Crippen molar-refractivity contribution in [1.29, 1.82) is 0 Å². The highest BCUT2D eigenvalue weighted by Crippen LogP contribution is 2.38. The number of hydrogen-bond donors (Lipinski definition) is 1. The van der Waals surface area contributed by atoms with Crippen LogP contribution in [0.5, 0.6) is 17.2 Å². The minimum absolute atomic E-state index is 0.0267. The predicted octanol–water partition coefficient (Wildman–Crippen LogP) is 2.73. The molecule has 2 aromatic rings. The molecule has 1 aromatic carbocycles. The second-order valence-electron chi connectivity index (χ2n) is 4.63. The van der Waals surface area contributed by atoms with Gasteiger partial charge in [-0.25, -0.2) is 9.97 Å². The maximum Gasteiger partial charge on any atom is 0.387 e. The minimum Gasteiger partial charge on any atom is -0.454 e. The van der Waals surface area contributed by atoms with E-state index in [0.717, 1.165) is 5.56 Å². The average molecular weight is 309 g/mol. The zero-order valence-corrected chi connectivity index (χ0v) is 11.7. The topological polar surface area (TPSA) is 65.5 Å². The Hall–Kier alpha value is -2.64. The highest BCUT2D eigenvalue weighted by atomic mass is 19.3. The summed E-state index contributed by atoms with van der Waals surface area (Å²) in [6.45, 7) is -0.783. The lowest BCUT2D eigenvalue weighted by molar-refractivity contribution is -0.0504. The maximum absolute atomic E-state index is 12.5. The molecule has 0 amide bonds. The molecule has 1 aliphatic heterocycles. The van der Waals surface area contributed by atoms with Gasteiger partial charge >= 0.3 is 6.61 Å². The Morgan fingerprint density at radius 2 is 1.91 bits per heavy atom. The highest BCUT2D eigenvalue weighted by molar-refractivity contribution is 5.52. The molecule has 0 fully saturated rings. The van der Waals surface area contributed by atoms with E-state index in [4.69, 9.17) is 9.47 Å². The molecule has 0 saturated carbocycles. The Bertz CT molecular complexity index is 665. The smallest absolute Gasteiger partial charge is 0.387 e. The number of hydrogen-bond acceptors (Lipinski definition) is 6. The van der Waals surface area contributed by atoms with Gasteiger partial charge in [-0.15, -0.1) is 0 Å². The van der Waals surface area contributed by atoms with Gasteiger partial charge in [-0.3, -0.25) is 0 Å². The fourth-order valence-corrected chi connectivity index (χ4v) is 1.97. The molecule has 1 aromatic heterocycles. The normalized spacial score (nSPS) is 12.5. The number of rotatable bonds is 5. The fraction of sp³-hybridized carbons (Fsp3) is 0.286. The number of ether oxygens (including phenoxy) is 3. The third-order valence-electron chi connectivity index (χ3n) is 2.99. The third-order valence-corrected chi connectivity index (χ3v) is 2.99. The molecule has 0 saturated heterocycles. The molecule has 0 radical (unpaired) electrons. The van der Waals surface area contributed by atoms with Crippen LogP contribution < -0.4 is 19.5 Å². The van der Waals surface area contributed by atoms with Gasteiger partial charge in [-0.2, -0.15) is 8.78 Å². The Labute approximate surface area is 125 Å². The van der Waals surface area contributed by atoms with Crippen molar-refractivity contribution in [3.05, 3.63) is 35.7 Å². The van der Waals surface area contributed by atoms with E-state index in [1.165, 1.54) is 6.07 Å². The fourth-order valence-electron chi connectivity index (χ4n) is 1.97. The number of nitrogens with zero attached hydrogens (tertiary/aromatic N) is 2. The van der Waals surface area contributed by atoms with Crippen LogP contribution in [0, 0.1) is 6.92 Å². The molecule has 0 bridgehead atoms. The molecule has 0 aliphatic carbocycles. The zero-order valence-electron chi connectivity index (χ0n) is 11.7. The maximum atomic E-state index is 12.5. The van der Waals surface area contributed by atoms with E-state index in [2.05, 4.69) is 20.0 Å². The van der Waals surface area contributed by atoms with E-state index in [9.17, 15) is 8.78 Å². The molecule has 2 heterocycles. The first-order valence-corrected chi connectivity index (χ1v) is 6.51. The van der Waals surface area contributed by atoms with E-state index < -0.39 is 6.61 Å². The Kier molecular flexibility index (Phi) is 3.90. The number of aromatic nitrogens is 2. The van der Waals surface area contributed by atoms with Crippen molar-refractivity contribution in [3.8, 4) is 17.2 Å². The van der Waals surface area contributed by atoms with Gasteiger partial charge in [0.2, 0.25) is 12.7 Å². The van der Waals surface area contributed by atoms with Crippen LogP contribution in [0.15, 0.2) is 24.5 Å². The van der Waals surface area contributed by atoms with E-state index in [0.29, 0.717) is 23.0 Å². The second-order valence-corrected chi connectivity index (χ2v) is 4.63. The van der Waals surface area contributed by atoms with Gasteiger partial charge in [0.1, 0.15) is 5.75 Å². The van der Waals surface area contributed by atoms with Crippen molar-refractivity contribution in [2.45, 2.75) is 20.1 Å². The number of benzene rings is 1. The highest BCUT2D eigenvalue weighted by Gasteiger charge is 2.20. The summed E-state index contributed by atoms with van der Waals surface area (Å²) in [6.07, 6.45) is 3.32. The molecule has 22 heavy (non-hydrogen) atoms. The van der Waals surface area contributed by atoms with E-state index in [1.807, 2.05) is 6.92 Å². The number of halogens is 2. The standard InChI is InChI=1S/C14H13F2N3O3/c1-8-4-17-14(18-5-8)19-6-9-2-11-12(21-7-20-11)3-10(9)22-13(15)16/h2-5,13H,6-7H2,1H3,(H,17,18,19). The molecule has 6 nitrogen and oxygen atoms in total. The second kappa shape index (κ2) is 6.00. The van der Waals surface area contributed by atoms with Gasteiger partial charge in [0.05, 0.1) is 0 Å². The number of alkyl halides is 2. The summed E-state index contributed by atoms with van der Waals surface area (Å²) in [5.41, 5.74) is 1.42. The van der Waals surface area contributed by atoms with Gasteiger partial charge in [-0.05, 0) is 18.6 Å². The van der Waals surface area contributed by atoms with Gasteiger partial charge in [0, 0.05) is 30.6 Å². The van der Waals surface area contributed by atoms with Crippen molar-refractivity contribution < 1.29 is 23.0 Å². The van der Waals surface area contributed by atoms with Crippen LogP contribution >= 0.6 is 0 Å². The lowest BCUT2D eigenvalue weighted by atomic mass is 10.1. The summed E-state index contributed by atoms with van der Waals surface area (Å²) in [5.74, 6) is 1.29. The summed E-state index contributed by atoms with van der Waals surface area (Å²) in [5, 5.41) is 2.95. The minimum atomic E-state index is -2.92. The predicted molar refractivity (Wildman–Crippen MR) is 73.3 cm³/mol. The molecule has 0 spiro atoms.